The number of carbonyl (C=O) groups excluding carboxylic acids is 3. The molecule has 0 radical (unpaired) electrons. The predicted molar refractivity (Wildman–Crippen MR) is 117 cm³/mol. The largest absolute Gasteiger partial charge is 0.379 e. The van der Waals surface area contributed by atoms with Crippen molar-refractivity contribution in [2.75, 3.05) is 44.0 Å². The van der Waals surface area contributed by atoms with Crippen LogP contribution in [-0.2, 0) is 19.1 Å². The molecule has 1 aromatic heterocycles. The van der Waals surface area contributed by atoms with E-state index in [9.17, 15) is 14.4 Å². The zero-order chi connectivity index (χ0) is 21.3. The molecule has 2 saturated heterocycles. The van der Waals surface area contributed by atoms with Gasteiger partial charge in [0.2, 0.25) is 18.2 Å². The molecule has 3 N–H and O–H groups in total. The molecule has 0 saturated carbocycles. The van der Waals surface area contributed by atoms with E-state index in [4.69, 9.17) is 4.74 Å². The van der Waals surface area contributed by atoms with Gasteiger partial charge in [0.15, 0.2) is 5.13 Å². The maximum atomic E-state index is 11.8. The third-order valence-corrected chi connectivity index (χ3v) is 5.84. The fourth-order valence-electron chi connectivity index (χ4n) is 3.18. The predicted octanol–water partition coefficient (Wildman–Crippen LogP) is 1.81. The highest BCUT2D eigenvalue weighted by molar-refractivity contribution is 7.22. The fraction of sp³-hybridized carbons (Fsp3) is 0.500. The van der Waals surface area contributed by atoms with E-state index in [1.807, 2.05) is 19.2 Å². The van der Waals surface area contributed by atoms with Gasteiger partial charge in [0.1, 0.15) is 0 Å². The number of carbonyl (C=O) groups is 3. The quantitative estimate of drug-likeness (QED) is 0.599. The molecule has 0 bridgehead atoms. The zero-order valence-electron chi connectivity index (χ0n) is 17.0. The Morgan fingerprint density at radius 3 is 2.93 bits per heavy atom. The highest BCUT2D eigenvalue weighted by Gasteiger charge is 2.17. The Labute approximate surface area is 179 Å². The average Bonchev–Trinajstić information content (AvgIpc) is 3.38. The molecule has 30 heavy (non-hydrogen) atoms. The first-order valence-electron chi connectivity index (χ1n) is 10.0. The summed E-state index contributed by atoms with van der Waals surface area (Å²) in [5.41, 5.74) is 1.55. The number of likely N-dealkylation sites (tertiary alicyclic amines) is 1. The summed E-state index contributed by atoms with van der Waals surface area (Å²) in [5, 5.41) is 9.21. The van der Waals surface area contributed by atoms with Crippen LogP contribution in [0, 0.1) is 0 Å². The standard InChI is InChI=1S/C14H16N4O3S.C6H11NO/c19-8-16-9-1-2-11-12(5-9)22-14(18-11)15-6-13(20)17-10-3-4-21-7-10;1-7-5-3-2-4-6(7)8/h1-2,5,8,10H,3-4,6-7H2,(H,15,18)(H,16,19)(H,17,20);2-5H2,1H3/t10-;/m1./s1. The molecule has 2 fully saturated rings. The number of aromatic nitrogens is 1. The van der Waals surface area contributed by atoms with E-state index in [0.717, 1.165) is 41.7 Å². The summed E-state index contributed by atoms with van der Waals surface area (Å²) in [6.07, 6.45) is 4.53. The lowest BCUT2D eigenvalue weighted by atomic mass is 10.1. The second kappa shape index (κ2) is 10.9. The van der Waals surface area contributed by atoms with Crippen LogP contribution in [-0.4, -0.2) is 67.5 Å². The maximum Gasteiger partial charge on any atom is 0.239 e. The Morgan fingerprint density at radius 2 is 2.27 bits per heavy atom. The number of hydrogen-bond acceptors (Lipinski definition) is 7. The Balaban J connectivity index is 0.000000269. The smallest absolute Gasteiger partial charge is 0.239 e. The van der Waals surface area contributed by atoms with Gasteiger partial charge in [-0.3, -0.25) is 14.4 Å². The topological polar surface area (TPSA) is 113 Å². The van der Waals surface area contributed by atoms with Gasteiger partial charge in [-0.2, -0.15) is 0 Å². The highest BCUT2D eigenvalue weighted by atomic mass is 32.1. The molecule has 1 atom stereocenters. The molecule has 3 heterocycles. The average molecular weight is 434 g/mol. The second-order valence-electron chi connectivity index (χ2n) is 7.22. The second-order valence-corrected chi connectivity index (χ2v) is 8.25. The number of thiazole rings is 1. The van der Waals surface area contributed by atoms with Crippen molar-refractivity contribution in [1.82, 2.24) is 15.2 Å². The molecule has 2 aliphatic rings. The normalized spacial score (nSPS) is 18.5. The van der Waals surface area contributed by atoms with Crippen molar-refractivity contribution >= 4 is 50.6 Å². The molecule has 2 aromatic rings. The first kappa shape index (κ1) is 22.0. The number of nitrogens with one attached hydrogen (secondary N) is 3. The monoisotopic (exact) mass is 433 g/mol. The van der Waals surface area contributed by atoms with Gasteiger partial charge in [0, 0.05) is 32.3 Å². The van der Waals surface area contributed by atoms with Gasteiger partial charge in [-0.15, -0.1) is 0 Å². The third kappa shape index (κ3) is 6.39. The lowest BCUT2D eigenvalue weighted by molar-refractivity contribution is -0.131. The van der Waals surface area contributed by atoms with E-state index in [1.54, 1.807) is 11.0 Å². The summed E-state index contributed by atoms with van der Waals surface area (Å²) in [7, 11) is 1.86. The van der Waals surface area contributed by atoms with E-state index in [2.05, 4.69) is 20.9 Å². The van der Waals surface area contributed by atoms with Crippen LogP contribution in [0.5, 0.6) is 0 Å². The van der Waals surface area contributed by atoms with Crippen molar-refractivity contribution in [3.63, 3.8) is 0 Å². The SMILES string of the molecule is CN1CCCCC1=O.O=CNc1ccc2nc(NCC(=O)N[C@@H]3CCOC3)sc2c1. The lowest BCUT2D eigenvalue weighted by Gasteiger charge is -2.21. The molecule has 162 valence electrons. The Kier molecular flexibility index (Phi) is 7.97. The lowest BCUT2D eigenvalue weighted by Crippen LogP contribution is -2.38. The van der Waals surface area contributed by atoms with Crippen molar-refractivity contribution < 1.29 is 19.1 Å². The number of rotatable bonds is 6. The number of hydrogen-bond donors (Lipinski definition) is 3. The van der Waals surface area contributed by atoms with Gasteiger partial charge in [0.25, 0.3) is 0 Å². The van der Waals surface area contributed by atoms with Crippen LogP contribution in [0.3, 0.4) is 0 Å². The zero-order valence-corrected chi connectivity index (χ0v) is 17.8. The summed E-state index contributed by atoms with van der Waals surface area (Å²) in [6, 6.07) is 5.58. The van der Waals surface area contributed by atoms with Gasteiger partial charge in [-0.05, 0) is 37.5 Å². The molecule has 4 rings (SSSR count). The van der Waals surface area contributed by atoms with E-state index in [-0.39, 0.29) is 18.5 Å². The Bertz CT molecular complexity index is 881. The highest BCUT2D eigenvalue weighted by Crippen LogP contribution is 2.28. The molecule has 1 aromatic carbocycles. The van der Waals surface area contributed by atoms with Crippen LogP contribution in [0.25, 0.3) is 10.2 Å². The van der Waals surface area contributed by atoms with E-state index < -0.39 is 0 Å². The molecular formula is C20H27N5O4S. The summed E-state index contributed by atoms with van der Waals surface area (Å²) < 4.78 is 6.16. The van der Waals surface area contributed by atoms with Crippen LogP contribution in [0.15, 0.2) is 18.2 Å². The maximum absolute atomic E-state index is 11.8. The van der Waals surface area contributed by atoms with Crippen LogP contribution >= 0.6 is 11.3 Å². The molecule has 0 aliphatic carbocycles. The van der Waals surface area contributed by atoms with Gasteiger partial charge < -0.3 is 25.6 Å². The van der Waals surface area contributed by atoms with Crippen molar-refractivity contribution in [2.24, 2.45) is 0 Å². The molecule has 0 unspecified atom stereocenters. The molecule has 0 spiro atoms. The Hall–Kier alpha value is -2.72. The third-order valence-electron chi connectivity index (χ3n) is 4.87. The van der Waals surface area contributed by atoms with Gasteiger partial charge >= 0.3 is 0 Å². The van der Waals surface area contributed by atoms with Crippen LogP contribution in [0.2, 0.25) is 0 Å². The molecule has 10 heteroatoms. The van der Waals surface area contributed by atoms with Crippen molar-refractivity contribution in [1.29, 1.82) is 0 Å². The number of benzene rings is 1. The Morgan fingerprint density at radius 1 is 1.40 bits per heavy atom. The summed E-state index contributed by atoms with van der Waals surface area (Å²) in [6.45, 7) is 2.42. The summed E-state index contributed by atoms with van der Waals surface area (Å²) >= 11 is 1.44. The summed E-state index contributed by atoms with van der Waals surface area (Å²) in [4.78, 5) is 39.2. The van der Waals surface area contributed by atoms with E-state index in [0.29, 0.717) is 30.7 Å². The molecule has 2 aliphatic heterocycles. The first-order chi connectivity index (χ1) is 14.5. The van der Waals surface area contributed by atoms with Crippen LogP contribution in [0.4, 0.5) is 10.8 Å². The van der Waals surface area contributed by atoms with Crippen LogP contribution < -0.4 is 16.0 Å². The number of amides is 3. The van der Waals surface area contributed by atoms with E-state index in [1.165, 1.54) is 17.8 Å². The minimum absolute atomic E-state index is 0.0712. The number of piperidine rings is 1. The first-order valence-corrected chi connectivity index (χ1v) is 10.8. The van der Waals surface area contributed by atoms with Crippen LogP contribution in [0.1, 0.15) is 25.7 Å². The number of ether oxygens (including phenoxy) is 1. The minimum Gasteiger partial charge on any atom is -0.379 e. The van der Waals surface area contributed by atoms with Gasteiger partial charge in [-0.25, -0.2) is 4.98 Å². The number of anilines is 2. The fourth-order valence-corrected chi connectivity index (χ4v) is 4.08. The molecular weight excluding hydrogens is 406 g/mol. The van der Waals surface area contributed by atoms with Gasteiger partial charge in [0.05, 0.1) is 29.4 Å². The van der Waals surface area contributed by atoms with Crippen molar-refractivity contribution in [2.45, 2.75) is 31.7 Å². The van der Waals surface area contributed by atoms with Crippen molar-refractivity contribution in [3.8, 4) is 0 Å². The summed E-state index contributed by atoms with van der Waals surface area (Å²) in [5.74, 6) is 0.231. The van der Waals surface area contributed by atoms with Gasteiger partial charge in [-0.1, -0.05) is 11.3 Å². The molecule has 9 nitrogen and oxygen atoms in total. The van der Waals surface area contributed by atoms with Crippen molar-refractivity contribution in [3.05, 3.63) is 18.2 Å². The number of fused-ring (bicyclic) bond motifs is 1. The van der Waals surface area contributed by atoms with E-state index >= 15 is 0 Å². The molecule has 3 amide bonds. The number of nitrogens with zero attached hydrogens (tertiary/aromatic N) is 2. The minimum atomic E-state index is -0.0712.